The van der Waals surface area contributed by atoms with Crippen molar-refractivity contribution in [2.45, 2.75) is 32.4 Å². The molecule has 0 bridgehead atoms. The molecule has 2 amide bonds. The summed E-state index contributed by atoms with van der Waals surface area (Å²) >= 11 is 3.30. The van der Waals surface area contributed by atoms with Gasteiger partial charge in [0.1, 0.15) is 17.2 Å². The summed E-state index contributed by atoms with van der Waals surface area (Å²) in [4.78, 5) is 13.4. The fraction of sp³-hybridized carbons (Fsp3) is 0.385. The van der Waals surface area contributed by atoms with E-state index in [0.29, 0.717) is 10.0 Å². The first-order valence-electron chi connectivity index (χ1n) is 5.93. The van der Waals surface area contributed by atoms with Gasteiger partial charge >= 0.3 is 6.03 Å². The van der Waals surface area contributed by atoms with Gasteiger partial charge in [-0.15, -0.1) is 0 Å². The van der Waals surface area contributed by atoms with Crippen LogP contribution in [0.3, 0.4) is 0 Å². The van der Waals surface area contributed by atoms with E-state index in [1.165, 1.54) is 11.0 Å². The lowest BCUT2D eigenvalue weighted by molar-refractivity contribution is 0.155. The van der Waals surface area contributed by atoms with E-state index in [2.05, 4.69) is 21.2 Å². The van der Waals surface area contributed by atoms with Crippen LogP contribution in [0.2, 0.25) is 0 Å². The maximum atomic E-state index is 14.1. The standard InChI is InChI=1S/C13H15BrFN3O/c1-7(2)18-12(19)17-11(16)13(18,3)9-6-8(14)4-5-10(9)15/h4-7H,1-3H3,(H2,16,17,19). The molecule has 1 saturated heterocycles. The zero-order valence-corrected chi connectivity index (χ0v) is 12.5. The van der Waals surface area contributed by atoms with Gasteiger partial charge in [0, 0.05) is 16.1 Å². The molecule has 2 rings (SSSR count). The van der Waals surface area contributed by atoms with Crippen molar-refractivity contribution in [1.29, 1.82) is 5.41 Å². The number of hydrogen-bond acceptors (Lipinski definition) is 2. The van der Waals surface area contributed by atoms with Gasteiger partial charge in [0.05, 0.1) is 0 Å². The molecule has 0 spiro atoms. The van der Waals surface area contributed by atoms with E-state index in [-0.39, 0.29) is 17.9 Å². The van der Waals surface area contributed by atoms with Crippen molar-refractivity contribution in [3.63, 3.8) is 0 Å². The molecule has 1 aromatic carbocycles. The van der Waals surface area contributed by atoms with Gasteiger partial charge in [0.25, 0.3) is 0 Å². The second kappa shape index (κ2) is 4.59. The number of urea groups is 1. The lowest BCUT2D eigenvalue weighted by Crippen LogP contribution is -2.48. The summed E-state index contributed by atoms with van der Waals surface area (Å²) in [5.74, 6) is -0.444. The minimum absolute atomic E-state index is 0.0109. The Morgan fingerprint density at radius 3 is 2.68 bits per heavy atom. The van der Waals surface area contributed by atoms with Crippen LogP contribution in [0.15, 0.2) is 22.7 Å². The summed E-state index contributed by atoms with van der Waals surface area (Å²) in [6.07, 6.45) is 0. The van der Waals surface area contributed by atoms with Crippen LogP contribution in [0.25, 0.3) is 0 Å². The number of amides is 2. The van der Waals surface area contributed by atoms with Crippen molar-refractivity contribution >= 4 is 27.8 Å². The summed E-state index contributed by atoms with van der Waals surface area (Å²) in [5.41, 5.74) is -0.807. The Kier molecular flexibility index (Phi) is 3.38. The van der Waals surface area contributed by atoms with Crippen LogP contribution in [-0.2, 0) is 5.54 Å². The van der Waals surface area contributed by atoms with Gasteiger partial charge in [-0.1, -0.05) is 15.9 Å². The molecule has 1 aromatic rings. The molecule has 2 N–H and O–H groups in total. The molecule has 6 heteroatoms. The van der Waals surface area contributed by atoms with Crippen LogP contribution in [0.5, 0.6) is 0 Å². The Labute approximate surface area is 119 Å². The number of carbonyl (C=O) groups is 1. The molecule has 0 radical (unpaired) electrons. The lowest BCUT2D eigenvalue weighted by Gasteiger charge is -2.36. The van der Waals surface area contributed by atoms with Crippen LogP contribution >= 0.6 is 15.9 Å². The second-order valence-corrected chi connectivity index (χ2v) is 5.88. The molecular formula is C13H15BrFN3O. The van der Waals surface area contributed by atoms with Gasteiger partial charge in [-0.05, 0) is 39.0 Å². The Balaban J connectivity index is 2.65. The van der Waals surface area contributed by atoms with E-state index < -0.39 is 11.4 Å². The summed E-state index contributed by atoms with van der Waals surface area (Å²) < 4.78 is 14.8. The van der Waals surface area contributed by atoms with E-state index in [1.807, 2.05) is 13.8 Å². The number of rotatable bonds is 2. The Hall–Kier alpha value is -1.43. The highest BCUT2D eigenvalue weighted by Crippen LogP contribution is 2.37. The second-order valence-electron chi connectivity index (χ2n) is 4.97. The predicted octanol–water partition coefficient (Wildman–Crippen LogP) is 3.21. The van der Waals surface area contributed by atoms with E-state index >= 15 is 0 Å². The summed E-state index contributed by atoms with van der Waals surface area (Å²) in [6.45, 7) is 5.36. The van der Waals surface area contributed by atoms with Crippen LogP contribution in [0.1, 0.15) is 26.3 Å². The summed E-state index contributed by atoms with van der Waals surface area (Å²) in [5, 5.41) is 10.5. The smallest absolute Gasteiger partial charge is 0.305 e. The van der Waals surface area contributed by atoms with E-state index in [4.69, 9.17) is 5.41 Å². The van der Waals surface area contributed by atoms with Crippen LogP contribution in [0, 0.1) is 11.2 Å². The number of nitrogens with one attached hydrogen (secondary N) is 2. The van der Waals surface area contributed by atoms with Gasteiger partial charge in [0.2, 0.25) is 0 Å². The molecule has 1 atom stereocenters. The largest absolute Gasteiger partial charge is 0.324 e. The minimum Gasteiger partial charge on any atom is -0.305 e. The van der Waals surface area contributed by atoms with Crippen molar-refractivity contribution in [3.05, 3.63) is 34.1 Å². The third-order valence-corrected chi connectivity index (χ3v) is 3.88. The predicted molar refractivity (Wildman–Crippen MR) is 74.7 cm³/mol. The SMILES string of the molecule is CC(C)N1C(=O)NC(=N)C1(C)c1cc(Br)ccc1F. The molecule has 1 unspecified atom stereocenters. The maximum Gasteiger partial charge on any atom is 0.324 e. The van der Waals surface area contributed by atoms with Crippen LogP contribution in [0.4, 0.5) is 9.18 Å². The average molecular weight is 328 g/mol. The quantitative estimate of drug-likeness (QED) is 0.860. The Morgan fingerprint density at radius 2 is 2.11 bits per heavy atom. The summed E-state index contributed by atoms with van der Waals surface area (Å²) in [6, 6.07) is 4.02. The number of nitrogens with zero attached hydrogens (tertiary/aromatic N) is 1. The molecule has 0 saturated carbocycles. The minimum atomic E-state index is -1.11. The molecule has 4 nitrogen and oxygen atoms in total. The fourth-order valence-corrected chi connectivity index (χ4v) is 2.86. The van der Waals surface area contributed by atoms with E-state index in [1.54, 1.807) is 19.1 Å². The zero-order valence-electron chi connectivity index (χ0n) is 10.9. The molecular weight excluding hydrogens is 313 g/mol. The first-order chi connectivity index (χ1) is 8.78. The van der Waals surface area contributed by atoms with Crippen molar-refractivity contribution in [1.82, 2.24) is 10.2 Å². The van der Waals surface area contributed by atoms with Gasteiger partial charge in [0.15, 0.2) is 0 Å². The molecule has 0 aliphatic carbocycles. The normalized spacial score (nSPS) is 23.2. The Morgan fingerprint density at radius 1 is 1.47 bits per heavy atom. The van der Waals surface area contributed by atoms with Crippen LogP contribution < -0.4 is 5.32 Å². The van der Waals surface area contributed by atoms with Crippen molar-refractivity contribution in [2.75, 3.05) is 0 Å². The van der Waals surface area contributed by atoms with E-state index in [9.17, 15) is 9.18 Å². The number of halogens is 2. The van der Waals surface area contributed by atoms with Crippen molar-refractivity contribution in [3.8, 4) is 0 Å². The number of amidine groups is 1. The molecule has 102 valence electrons. The number of carbonyl (C=O) groups excluding carboxylic acids is 1. The highest BCUT2D eigenvalue weighted by molar-refractivity contribution is 9.10. The van der Waals surface area contributed by atoms with Gasteiger partial charge in [-0.3, -0.25) is 10.7 Å². The van der Waals surface area contributed by atoms with Crippen LogP contribution in [-0.4, -0.2) is 22.8 Å². The zero-order chi connectivity index (χ0) is 14.4. The molecule has 1 heterocycles. The third-order valence-electron chi connectivity index (χ3n) is 3.39. The van der Waals surface area contributed by atoms with E-state index in [0.717, 1.165) is 0 Å². The monoisotopic (exact) mass is 327 g/mol. The highest BCUT2D eigenvalue weighted by atomic mass is 79.9. The molecule has 19 heavy (non-hydrogen) atoms. The summed E-state index contributed by atoms with van der Waals surface area (Å²) in [7, 11) is 0. The fourth-order valence-electron chi connectivity index (χ4n) is 2.50. The van der Waals surface area contributed by atoms with Gasteiger partial charge in [-0.2, -0.15) is 0 Å². The topological polar surface area (TPSA) is 56.2 Å². The average Bonchev–Trinajstić information content (AvgIpc) is 2.53. The van der Waals surface area contributed by atoms with Gasteiger partial charge in [-0.25, -0.2) is 9.18 Å². The third kappa shape index (κ3) is 2.04. The molecule has 1 aliphatic heterocycles. The maximum absolute atomic E-state index is 14.1. The number of benzene rings is 1. The lowest BCUT2D eigenvalue weighted by atomic mass is 9.89. The molecule has 0 aromatic heterocycles. The first kappa shape index (κ1) is 14.0. The van der Waals surface area contributed by atoms with Crippen molar-refractivity contribution in [2.24, 2.45) is 0 Å². The van der Waals surface area contributed by atoms with Gasteiger partial charge < -0.3 is 4.90 Å². The highest BCUT2D eigenvalue weighted by Gasteiger charge is 2.50. The Bertz CT molecular complexity index is 561. The number of hydrogen-bond donors (Lipinski definition) is 2. The molecule has 1 fully saturated rings. The first-order valence-corrected chi connectivity index (χ1v) is 6.72. The molecule has 1 aliphatic rings. The van der Waals surface area contributed by atoms with Crippen molar-refractivity contribution < 1.29 is 9.18 Å².